The van der Waals surface area contributed by atoms with Crippen LogP contribution in [-0.4, -0.2) is 37.6 Å². The fourth-order valence-corrected chi connectivity index (χ4v) is 3.33. The lowest BCUT2D eigenvalue weighted by atomic mass is 9.93. The zero-order valence-electron chi connectivity index (χ0n) is 9.60. The highest BCUT2D eigenvalue weighted by molar-refractivity contribution is 5.85. The second kappa shape index (κ2) is 6.25. The maximum absolute atomic E-state index is 3.42. The molecule has 94 valence electrons. The molecular weight excluding hydrogens is 243 g/mol. The Hall–Kier alpha value is 0.240. The Balaban J connectivity index is 0.000000640. The fourth-order valence-electron chi connectivity index (χ4n) is 3.33. The van der Waals surface area contributed by atoms with Gasteiger partial charge in [0, 0.05) is 32.7 Å². The summed E-state index contributed by atoms with van der Waals surface area (Å²) in [5, 5.41) is 3.42. The molecule has 16 heavy (non-hydrogen) atoms. The van der Waals surface area contributed by atoms with Gasteiger partial charge in [-0.25, -0.2) is 0 Å². The van der Waals surface area contributed by atoms with Crippen molar-refractivity contribution in [3.8, 4) is 0 Å². The van der Waals surface area contributed by atoms with Gasteiger partial charge in [-0.2, -0.15) is 0 Å². The van der Waals surface area contributed by atoms with Gasteiger partial charge in [-0.1, -0.05) is 12.2 Å². The molecule has 3 unspecified atom stereocenters. The Morgan fingerprint density at radius 2 is 1.81 bits per heavy atom. The quantitative estimate of drug-likeness (QED) is 0.768. The third-order valence-corrected chi connectivity index (χ3v) is 4.12. The van der Waals surface area contributed by atoms with Gasteiger partial charge in [0.25, 0.3) is 0 Å². The normalized spacial score (nSPS) is 36.9. The van der Waals surface area contributed by atoms with E-state index >= 15 is 0 Å². The van der Waals surface area contributed by atoms with Crippen LogP contribution in [0.25, 0.3) is 0 Å². The maximum Gasteiger partial charge on any atom is 0.0107 e. The monoisotopic (exact) mass is 264 g/mol. The van der Waals surface area contributed by atoms with E-state index in [1.54, 1.807) is 0 Å². The van der Waals surface area contributed by atoms with Crippen molar-refractivity contribution >= 4 is 24.8 Å². The first-order valence-electron chi connectivity index (χ1n) is 6.03. The van der Waals surface area contributed by atoms with E-state index in [9.17, 15) is 0 Å². The minimum atomic E-state index is 0. The Morgan fingerprint density at radius 3 is 2.38 bits per heavy atom. The van der Waals surface area contributed by atoms with E-state index < -0.39 is 0 Å². The maximum atomic E-state index is 3.42. The van der Waals surface area contributed by atoms with Crippen LogP contribution in [0.1, 0.15) is 12.8 Å². The van der Waals surface area contributed by atoms with Crippen LogP contribution in [0.3, 0.4) is 0 Å². The van der Waals surface area contributed by atoms with Gasteiger partial charge in [0.2, 0.25) is 0 Å². The number of rotatable bonds is 2. The van der Waals surface area contributed by atoms with Crippen LogP contribution in [0.5, 0.6) is 0 Å². The average Bonchev–Trinajstić information content (AvgIpc) is 2.81. The molecule has 1 saturated heterocycles. The Bertz CT molecular complexity index is 239. The molecule has 2 aliphatic carbocycles. The highest BCUT2D eigenvalue weighted by Crippen LogP contribution is 2.43. The third-order valence-electron chi connectivity index (χ3n) is 4.12. The minimum absolute atomic E-state index is 0. The number of halogens is 2. The summed E-state index contributed by atoms with van der Waals surface area (Å²) in [6.45, 7) is 6.26. The molecule has 0 amide bonds. The number of hydrogen-bond acceptors (Lipinski definition) is 2. The van der Waals surface area contributed by atoms with E-state index in [1.807, 2.05) is 0 Å². The molecule has 0 spiro atoms. The highest BCUT2D eigenvalue weighted by atomic mass is 35.5. The van der Waals surface area contributed by atoms with Gasteiger partial charge in [-0.3, -0.25) is 0 Å². The molecule has 0 aromatic carbocycles. The predicted molar refractivity (Wildman–Crippen MR) is 72.6 cm³/mol. The van der Waals surface area contributed by atoms with E-state index in [-0.39, 0.29) is 24.8 Å². The standard InChI is InChI=1S/C12H20N2.2ClH/c1-2-11-7-10(1)8-12(11)9-14-5-3-13-4-6-14;;/h1-2,10-13H,3-9H2;2*1H. The number of fused-ring (bicyclic) bond motifs is 2. The van der Waals surface area contributed by atoms with E-state index in [2.05, 4.69) is 22.4 Å². The first-order chi connectivity index (χ1) is 6.92. The molecule has 1 saturated carbocycles. The summed E-state index contributed by atoms with van der Waals surface area (Å²) >= 11 is 0. The number of nitrogens with one attached hydrogen (secondary N) is 1. The van der Waals surface area contributed by atoms with Crippen LogP contribution in [0.4, 0.5) is 0 Å². The summed E-state index contributed by atoms with van der Waals surface area (Å²) in [4.78, 5) is 2.65. The van der Waals surface area contributed by atoms with Crippen molar-refractivity contribution in [3.05, 3.63) is 12.2 Å². The molecule has 2 bridgehead atoms. The van der Waals surface area contributed by atoms with Gasteiger partial charge in [0.15, 0.2) is 0 Å². The molecule has 1 N–H and O–H groups in total. The molecule has 2 fully saturated rings. The van der Waals surface area contributed by atoms with Crippen LogP contribution >= 0.6 is 24.8 Å². The Kier molecular flexibility index (Phi) is 5.58. The number of piperazine rings is 1. The van der Waals surface area contributed by atoms with Crippen LogP contribution in [0.2, 0.25) is 0 Å². The van der Waals surface area contributed by atoms with Gasteiger partial charge in [-0.05, 0) is 30.6 Å². The van der Waals surface area contributed by atoms with Crippen molar-refractivity contribution in [2.75, 3.05) is 32.7 Å². The SMILES string of the molecule is C1=CC2CC1CC2CN1CCNCC1.Cl.Cl. The van der Waals surface area contributed by atoms with E-state index in [4.69, 9.17) is 0 Å². The van der Waals surface area contributed by atoms with Crippen molar-refractivity contribution in [2.24, 2.45) is 17.8 Å². The first kappa shape index (κ1) is 14.3. The van der Waals surface area contributed by atoms with E-state index in [0.29, 0.717) is 0 Å². The van der Waals surface area contributed by atoms with Crippen molar-refractivity contribution < 1.29 is 0 Å². The fraction of sp³-hybridized carbons (Fsp3) is 0.833. The van der Waals surface area contributed by atoms with Gasteiger partial charge >= 0.3 is 0 Å². The smallest absolute Gasteiger partial charge is 0.0107 e. The van der Waals surface area contributed by atoms with E-state index in [0.717, 1.165) is 17.8 Å². The zero-order valence-corrected chi connectivity index (χ0v) is 11.2. The lowest BCUT2D eigenvalue weighted by molar-refractivity contribution is 0.193. The zero-order chi connectivity index (χ0) is 9.38. The lowest BCUT2D eigenvalue weighted by Gasteiger charge is -2.31. The third kappa shape index (κ3) is 2.92. The van der Waals surface area contributed by atoms with E-state index in [1.165, 1.54) is 45.6 Å². The van der Waals surface area contributed by atoms with Gasteiger partial charge in [-0.15, -0.1) is 24.8 Å². The molecular formula is C12H22Cl2N2. The van der Waals surface area contributed by atoms with Crippen LogP contribution in [0, 0.1) is 17.8 Å². The molecule has 3 aliphatic rings. The second-order valence-electron chi connectivity index (χ2n) is 5.09. The van der Waals surface area contributed by atoms with Crippen molar-refractivity contribution in [3.63, 3.8) is 0 Å². The Labute approximate surface area is 111 Å². The molecule has 0 radical (unpaired) electrons. The average molecular weight is 265 g/mol. The molecule has 3 rings (SSSR count). The summed E-state index contributed by atoms with van der Waals surface area (Å²) in [6, 6.07) is 0. The van der Waals surface area contributed by atoms with Crippen molar-refractivity contribution in [2.45, 2.75) is 12.8 Å². The topological polar surface area (TPSA) is 15.3 Å². The summed E-state index contributed by atoms with van der Waals surface area (Å²) < 4.78 is 0. The van der Waals surface area contributed by atoms with Crippen LogP contribution in [-0.2, 0) is 0 Å². The van der Waals surface area contributed by atoms with Gasteiger partial charge in [0.05, 0.1) is 0 Å². The van der Waals surface area contributed by atoms with Crippen molar-refractivity contribution in [1.29, 1.82) is 0 Å². The summed E-state index contributed by atoms with van der Waals surface area (Å²) in [5.41, 5.74) is 0. The van der Waals surface area contributed by atoms with Crippen molar-refractivity contribution in [1.82, 2.24) is 10.2 Å². The number of allylic oxidation sites excluding steroid dienone is 2. The molecule has 1 aliphatic heterocycles. The van der Waals surface area contributed by atoms with Crippen LogP contribution in [0.15, 0.2) is 12.2 Å². The molecule has 0 aromatic rings. The summed E-state index contributed by atoms with van der Waals surface area (Å²) in [6.07, 6.45) is 7.84. The summed E-state index contributed by atoms with van der Waals surface area (Å²) in [5.74, 6) is 2.84. The molecule has 3 atom stereocenters. The van der Waals surface area contributed by atoms with Gasteiger partial charge < -0.3 is 10.2 Å². The minimum Gasteiger partial charge on any atom is -0.314 e. The highest BCUT2D eigenvalue weighted by Gasteiger charge is 2.36. The van der Waals surface area contributed by atoms with Crippen LogP contribution < -0.4 is 5.32 Å². The Morgan fingerprint density at radius 1 is 1.06 bits per heavy atom. The van der Waals surface area contributed by atoms with Gasteiger partial charge in [0.1, 0.15) is 0 Å². The second-order valence-corrected chi connectivity index (χ2v) is 5.09. The number of hydrogen-bond donors (Lipinski definition) is 1. The lowest BCUT2D eigenvalue weighted by Crippen LogP contribution is -2.45. The number of nitrogens with zero attached hydrogens (tertiary/aromatic N) is 1. The molecule has 2 nitrogen and oxygen atoms in total. The first-order valence-corrected chi connectivity index (χ1v) is 6.03. The predicted octanol–water partition coefficient (Wildman–Crippen LogP) is 1.95. The molecule has 1 heterocycles. The summed E-state index contributed by atoms with van der Waals surface area (Å²) in [7, 11) is 0. The molecule has 0 aromatic heterocycles. The molecule has 4 heteroatoms. The largest absolute Gasteiger partial charge is 0.314 e.